The number of rotatable bonds is 1. The van der Waals surface area contributed by atoms with Crippen molar-refractivity contribution in [1.29, 1.82) is 0 Å². The van der Waals surface area contributed by atoms with Gasteiger partial charge in [0, 0.05) is 6.42 Å². The van der Waals surface area contributed by atoms with E-state index >= 15 is 0 Å². The normalized spacial score (nSPS) is 53.0. The van der Waals surface area contributed by atoms with Crippen LogP contribution in [0.3, 0.4) is 0 Å². The highest BCUT2D eigenvalue weighted by molar-refractivity contribution is 5.22. The molecule has 0 aromatic rings. The molecule has 0 N–H and O–H groups in total. The minimum Gasteiger partial charge on any atom is -0.305 e. The quantitative estimate of drug-likeness (QED) is 0.303. The van der Waals surface area contributed by atoms with E-state index in [1.807, 2.05) is 0 Å². The molecule has 2 heterocycles. The van der Waals surface area contributed by atoms with Gasteiger partial charge in [0.2, 0.25) is 0 Å². The van der Waals surface area contributed by atoms with Gasteiger partial charge in [-0.05, 0) is 25.3 Å². The van der Waals surface area contributed by atoms with E-state index in [1.165, 1.54) is 36.8 Å². The van der Waals surface area contributed by atoms with Gasteiger partial charge in [0.05, 0.1) is 12.6 Å². The summed E-state index contributed by atoms with van der Waals surface area (Å²) in [7, 11) is 0. The van der Waals surface area contributed by atoms with E-state index in [2.05, 4.69) is 13.0 Å². The lowest BCUT2D eigenvalue weighted by molar-refractivity contribution is -0.880. The van der Waals surface area contributed by atoms with E-state index in [1.54, 1.807) is 5.57 Å². The van der Waals surface area contributed by atoms with Gasteiger partial charge in [-0.15, -0.1) is 0 Å². The minimum absolute atomic E-state index is 0.987. The molecule has 0 radical (unpaired) electrons. The maximum Gasteiger partial charge on any atom is 0.161 e. The minimum atomic E-state index is 0.987. The average Bonchev–Trinajstić information content (AvgIpc) is 2.59. The number of hydrogen-bond donors (Lipinski definition) is 0. The van der Waals surface area contributed by atoms with Crippen molar-refractivity contribution in [2.75, 3.05) is 13.1 Å². The zero-order valence-corrected chi connectivity index (χ0v) is 7.21. The topological polar surface area (TPSA) is 0 Å². The summed E-state index contributed by atoms with van der Waals surface area (Å²) < 4.78 is 1.48. The van der Waals surface area contributed by atoms with Crippen LogP contribution in [0.2, 0.25) is 0 Å². The summed E-state index contributed by atoms with van der Waals surface area (Å²) in [6.07, 6.45) is 6.71. The summed E-state index contributed by atoms with van der Waals surface area (Å²) in [5.74, 6) is 0. The molecule has 1 aliphatic carbocycles. The number of allylic oxidation sites excluding steroid dienone is 1. The van der Waals surface area contributed by atoms with Crippen LogP contribution in [0, 0.1) is 0 Å². The van der Waals surface area contributed by atoms with Crippen molar-refractivity contribution >= 4 is 0 Å². The van der Waals surface area contributed by atoms with Crippen molar-refractivity contribution in [2.24, 2.45) is 0 Å². The van der Waals surface area contributed by atoms with E-state index in [0.717, 1.165) is 12.1 Å². The monoisotopic (exact) mass is 150 g/mol. The second kappa shape index (κ2) is 1.71. The molecule has 0 bridgehead atoms. The molecule has 60 valence electrons. The molecular formula is C10H16N+. The van der Waals surface area contributed by atoms with Gasteiger partial charge in [-0.25, -0.2) is 0 Å². The maximum atomic E-state index is 2.46. The third kappa shape index (κ3) is 0.610. The number of nitrogens with zero attached hydrogens (tertiary/aromatic N) is 1. The summed E-state index contributed by atoms with van der Waals surface area (Å²) in [5.41, 5.74) is 1.79. The van der Waals surface area contributed by atoms with Gasteiger partial charge < -0.3 is 4.48 Å². The van der Waals surface area contributed by atoms with Gasteiger partial charge in [-0.3, -0.25) is 0 Å². The Hall–Kier alpha value is -0.300. The van der Waals surface area contributed by atoms with E-state index < -0.39 is 0 Å². The standard InChI is InChI=1S/C10H16N/c1-8-5-6-11(8)7-10(11)9-3-2-4-9/h3,8,10H,2,4-7H2,1H3/q+1. The van der Waals surface area contributed by atoms with Crippen LogP contribution in [0.5, 0.6) is 0 Å². The molecule has 0 aromatic carbocycles. The van der Waals surface area contributed by atoms with Gasteiger partial charge in [-0.1, -0.05) is 6.08 Å². The van der Waals surface area contributed by atoms with Gasteiger partial charge in [-0.2, -0.15) is 0 Å². The van der Waals surface area contributed by atoms with Gasteiger partial charge >= 0.3 is 0 Å². The lowest BCUT2D eigenvalue weighted by Gasteiger charge is -2.38. The maximum absolute atomic E-state index is 2.46. The first-order valence-electron chi connectivity index (χ1n) is 4.88. The highest BCUT2D eigenvalue weighted by Gasteiger charge is 2.64. The zero-order valence-electron chi connectivity index (χ0n) is 7.21. The first kappa shape index (κ1) is 6.24. The molecule has 3 rings (SSSR count). The molecule has 1 nitrogen and oxygen atoms in total. The van der Waals surface area contributed by atoms with Crippen LogP contribution >= 0.6 is 0 Å². The average molecular weight is 150 g/mol. The molecule has 3 atom stereocenters. The fourth-order valence-electron chi connectivity index (χ4n) is 2.79. The van der Waals surface area contributed by atoms with Gasteiger partial charge in [0.15, 0.2) is 6.04 Å². The van der Waals surface area contributed by atoms with Crippen molar-refractivity contribution in [3.05, 3.63) is 11.6 Å². The molecule has 1 heteroatoms. The fraction of sp³-hybridized carbons (Fsp3) is 0.800. The smallest absolute Gasteiger partial charge is 0.161 e. The summed E-state index contributed by atoms with van der Waals surface area (Å²) in [6, 6.07) is 1.98. The predicted octanol–water partition coefficient (Wildman–Crippen LogP) is 1.70. The summed E-state index contributed by atoms with van der Waals surface area (Å²) in [5, 5.41) is 0. The van der Waals surface area contributed by atoms with Crippen molar-refractivity contribution in [3.63, 3.8) is 0 Å². The Morgan fingerprint density at radius 1 is 1.55 bits per heavy atom. The Labute approximate surface area is 68.3 Å². The summed E-state index contributed by atoms with van der Waals surface area (Å²) in [4.78, 5) is 0. The Kier molecular flexibility index (Phi) is 0.972. The van der Waals surface area contributed by atoms with Crippen LogP contribution in [0.4, 0.5) is 0 Å². The molecule has 11 heavy (non-hydrogen) atoms. The SMILES string of the molecule is CC1CC[N+]12CC2C1=CCC1. The highest BCUT2D eigenvalue weighted by Crippen LogP contribution is 2.49. The van der Waals surface area contributed by atoms with Crippen LogP contribution in [0.15, 0.2) is 11.6 Å². The third-order valence-corrected chi connectivity index (χ3v) is 4.11. The van der Waals surface area contributed by atoms with Crippen molar-refractivity contribution in [2.45, 2.75) is 38.3 Å². The number of hydrogen-bond acceptors (Lipinski definition) is 0. The Morgan fingerprint density at radius 2 is 2.36 bits per heavy atom. The molecule has 2 aliphatic heterocycles. The molecule has 1 spiro atoms. The van der Waals surface area contributed by atoms with Crippen molar-refractivity contribution in [3.8, 4) is 0 Å². The Bertz CT molecular complexity index is 231. The van der Waals surface area contributed by atoms with Crippen molar-refractivity contribution < 1.29 is 4.48 Å². The molecule has 3 unspecified atom stereocenters. The van der Waals surface area contributed by atoms with E-state index in [4.69, 9.17) is 0 Å². The van der Waals surface area contributed by atoms with E-state index in [0.29, 0.717) is 0 Å². The lowest BCUT2D eigenvalue weighted by atomic mass is 9.94. The third-order valence-electron chi connectivity index (χ3n) is 4.11. The second-order valence-corrected chi connectivity index (χ2v) is 4.48. The fourth-order valence-corrected chi connectivity index (χ4v) is 2.79. The summed E-state index contributed by atoms with van der Waals surface area (Å²) in [6.45, 7) is 5.37. The molecule has 0 aromatic heterocycles. The Morgan fingerprint density at radius 3 is 2.64 bits per heavy atom. The molecule has 0 amide bonds. The van der Waals surface area contributed by atoms with Crippen LogP contribution in [0.1, 0.15) is 26.2 Å². The van der Waals surface area contributed by atoms with Gasteiger partial charge in [0.25, 0.3) is 0 Å². The molecule has 2 fully saturated rings. The molecule has 2 saturated heterocycles. The molecule has 3 aliphatic rings. The Balaban J connectivity index is 1.77. The highest BCUT2D eigenvalue weighted by atomic mass is 15.6. The number of quaternary nitrogens is 1. The van der Waals surface area contributed by atoms with Crippen LogP contribution in [-0.4, -0.2) is 29.7 Å². The van der Waals surface area contributed by atoms with E-state index in [9.17, 15) is 0 Å². The molecular weight excluding hydrogens is 134 g/mol. The van der Waals surface area contributed by atoms with Gasteiger partial charge in [0.1, 0.15) is 6.54 Å². The first-order chi connectivity index (χ1) is 5.33. The zero-order chi connectivity index (χ0) is 7.47. The van der Waals surface area contributed by atoms with E-state index in [-0.39, 0.29) is 0 Å². The van der Waals surface area contributed by atoms with Crippen LogP contribution in [-0.2, 0) is 0 Å². The lowest BCUT2D eigenvalue weighted by Crippen LogP contribution is -2.50. The van der Waals surface area contributed by atoms with Crippen molar-refractivity contribution in [1.82, 2.24) is 0 Å². The molecule has 0 saturated carbocycles. The first-order valence-corrected chi connectivity index (χ1v) is 4.88. The van der Waals surface area contributed by atoms with Crippen LogP contribution < -0.4 is 0 Å². The predicted molar refractivity (Wildman–Crippen MR) is 45.2 cm³/mol. The second-order valence-electron chi connectivity index (χ2n) is 4.48. The largest absolute Gasteiger partial charge is 0.305 e. The van der Waals surface area contributed by atoms with Crippen LogP contribution in [0.25, 0.3) is 0 Å². The summed E-state index contributed by atoms with van der Waals surface area (Å²) >= 11 is 0.